The summed E-state index contributed by atoms with van der Waals surface area (Å²) in [5.41, 5.74) is 12.2. The van der Waals surface area contributed by atoms with Crippen molar-refractivity contribution >= 4 is 34.7 Å². The zero-order chi connectivity index (χ0) is 24.2. The summed E-state index contributed by atoms with van der Waals surface area (Å²) in [6, 6.07) is 17.2. The smallest absolute Gasteiger partial charge is 0.251 e. The number of amides is 2. The fourth-order valence-corrected chi connectivity index (χ4v) is 3.84. The maximum atomic E-state index is 12.5. The molecule has 0 atom stereocenters. The molecule has 0 spiro atoms. The first-order valence-corrected chi connectivity index (χ1v) is 11.1. The second-order valence-corrected chi connectivity index (χ2v) is 8.15. The van der Waals surface area contributed by atoms with Crippen molar-refractivity contribution in [1.29, 1.82) is 0 Å². The first-order valence-electron chi connectivity index (χ1n) is 11.1. The van der Waals surface area contributed by atoms with Crippen molar-refractivity contribution in [1.82, 2.24) is 14.7 Å². The van der Waals surface area contributed by atoms with Crippen molar-refractivity contribution in [2.45, 2.75) is 20.8 Å². The average Bonchev–Trinajstić information content (AvgIpc) is 3.17. The van der Waals surface area contributed by atoms with Crippen molar-refractivity contribution in [2.24, 2.45) is 5.73 Å². The summed E-state index contributed by atoms with van der Waals surface area (Å²) in [6.07, 6.45) is 1.84. The number of carbonyl (C=O) groups is 2. The average molecular weight is 457 g/mol. The van der Waals surface area contributed by atoms with E-state index in [1.165, 1.54) is 6.92 Å². The molecule has 0 aliphatic rings. The van der Waals surface area contributed by atoms with Gasteiger partial charge < -0.3 is 21.7 Å². The number of hydrogen-bond donors (Lipinski definition) is 4. The Morgan fingerprint density at radius 3 is 2.38 bits per heavy atom. The normalized spacial score (nSPS) is 10.8. The van der Waals surface area contributed by atoms with E-state index in [0.717, 1.165) is 33.9 Å². The summed E-state index contributed by atoms with van der Waals surface area (Å²) in [4.78, 5) is 28.7. The fraction of sp³-hybridized carbons (Fsp3) is 0.192. The van der Waals surface area contributed by atoms with Crippen molar-refractivity contribution in [2.75, 3.05) is 23.7 Å². The summed E-state index contributed by atoms with van der Waals surface area (Å²) in [5, 5.41) is 9.15. The first-order chi connectivity index (χ1) is 16.4. The zero-order valence-electron chi connectivity index (χ0n) is 19.5. The molecule has 174 valence electrons. The largest absolute Gasteiger partial charge is 0.351 e. The lowest BCUT2D eigenvalue weighted by molar-refractivity contribution is -0.114. The van der Waals surface area contributed by atoms with E-state index in [1.807, 2.05) is 40.9 Å². The molecule has 2 aromatic carbocycles. The zero-order valence-corrected chi connectivity index (χ0v) is 19.5. The molecule has 2 heterocycles. The molecule has 2 amide bonds. The summed E-state index contributed by atoms with van der Waals surface area (Å²) < 4.78 is 1.93. The van der Waals surface area contributed by atoms with E-state index in [2.05, 4.69) is 41.9 Å². The molecule has 0 aliphatic heterocycles. The summed E-state index contributed by atoms with van der Waals surface area (Å²) in [7, 11) is 0. The van der Waals surface area contributed by atoms with E-state index >= 15 is 0 Å². The van der Waals surface area contributed by atoms with Gasteiger partial charge in [0.05, 0.1) is 0 Å². The lowest BCUT2D eigenvalue weighted by Gasteiger charge is -2.14. The Kier molecular flexibility index (Phi) is 6.60. The number of nitrogens with one attached hydrogen (secondary N) is 3. The SMILES string of the molecule is CC(=O)Nc1ccc(-c2nc3cc(C(=O)NCCN)ccn3c2Nc2c(C)cccc2C)cc1. The molecule has 8 heteroatoms. The number of aryl methyl sites for hydroxylation is 2. The van der Waals surface area contributed by atoms with E-state index in [0.29, 0.717) is 30.0 Å². The van der Waals surface area contributed by atoms with E-state index in [9.17, 15) is 9.59 Å². The molecule has 0 saturated carbocycles. The number of pyridine rings is 1. The quantitative estimate of drug-likeness (QED) is 0.336. The number of aromatic nitrogens is 2. The van der Waals surface area contributed by atoms with Crippen LogP contribution in [0.15, 0.2) is 60.8 Å². The highest BCUT2D eigenvalue weighted by atomic mass is 16.2. The van der Waals surface area contributed by atoms with Crippen molar-refractivity contribution in [3.05, 3.63) is 77.5 Å². The maximum absolute atomic E-state index is 12.5. The summed E-state index contributed by atoms with van der Waals surface area (Å²) in [6.45, 7) is 6.37. The van der Waals surface area contributed by atoms with E-state index in [4.69, 9.17) is 10.7 Å². The minimum atomic E-state index is -0.193. The molecule has 0 unspecified atom stereocenters. The predicted octanol–water partition coefficient (Wildman–Crippen LogP) is 4.01. The van der Waals surface area contributed by atoms with Gasteiger partial charge in [-0.2, -0.15) is 0 Å². The Labute approximate surface area is 198 Å². The van der Waals surface area contributed by atoms with Crippen LogP contribution in [0.2, 0.25) is 0 Å². The number of carbonyl (C=O) groups excluding carboxylic acids is 2. The van der Waals surface area contributed by atoms with Crippen LogP contribution in [0.25, 0.3) is 16.9 Å². The van der Waals surface area contributed by atoms with Crippen LogP contribution in [0.4, 0.5) is 17.2 Å². The second kappa shape index (κ2) is 9.76. The van der Waals surface area contributed by atoms with Gasteiger partial charge in [-0.15, -0.1) is 0 Å². The summed E-state index contributed by atoms with van der Waals surface area (Å²) in [5.74, 6) is 0.466. The highest BCUT2D eigenvalue weighted by Gasteiger charge is 2.18. The lowest BCUT2D eigenvalue weighted by Crippen LogP contribution is -2.29. The molecule has 0 aliphatic carbocycles. The van der Waals surface area contributed by atoms with Gasteiger partial charge in [0, 0.05) is 48.7 Å². The number of imidazole rings is 1. The van der Waals surface area contributed by atoms with Crippen molar-refractivity contribution in [3.8, 4) is 11.3 Å². The standard InChI is InChI=1S/C26H28N6O2/c1-16-5-4-6-17(2)23(16)31-25-24(19-7-9-21(10-8-19)29-18(3)33)30-22-15-20(11-14-32(22)25)26(34)28-13-12-27/h4-11,14-15,31H,12-13,27H2,1-3H3,(H,28,34)(H,29,33). The van der Waals surface area contributed by atoms with E-state index in [1.54, 1.807) is 12.1 Å². The second-order valence-electron chi connectivity index (χ2n) is 8.15. The molecule has 4 rings (SSSR count). The molecular weight excluding hydrogens is 428 g/mol. The van der Waals surface area contributed by atoms with E-state index in [-0.39, 0.29) is 11.8 Å². The molecule has 2 aromatic heterocycles. The topological polar surface area (TPSA) is 114 Å². The van der Waals surface area contributed by atoms with Gasteiger partial charge in [0.15, 0.2) is 0 Å². The number of anilines is 3. The number of hydrogen-bond acceptors (Lipinski definition) is 5. The molecule has 0 bridgehead atoms. The van der Waals surface area contributed by atoms with Crippen LogP contribution in [0.3, 0.4) is 0 Å². The van der Waals surface area contributed by atoms with Gasteiger partial charge in [0.25, 0.3) is 5.91 Å². The fourth-order valence-electron chi connectivity index (χ4n) is 3.84. The van der Waals surface area contributed by atoms with Crippen LogP contribution < -0.4 is 21.7 Å². The Morgan fingerprint density at radius 2 is 1.74 bits per heavy atom. The van der Waals surface area contributed by atoms with E-state index < -0.39 is 0 Å². The number of fused-ring (bicyclic) bond motifs is 1. The third-order valence-corrected chi connectivity index (χ3v) is 5.52. The Bertz CT molecular complexity index is 1340. The van der Waals surface area contributed by atoms with Crippen LogP contribution in [0.1, 0.15) is 28.4 Å². The van der Waals surface area contributed by atoms with Crippen molar-refractivity contribution < 1.29 is 9.59 Å². The monoisotopic (exact) mass is 456 g/mol. The van der Waals surface area contributed by atoms with Crippen LogP contribution >= 0.6 is 0 Å². The van der Waals surface area contributed by atoms with Gasteiger partial charge in [0.2, 0.25) is 5.91 Å². The van der Waals surface area contributed by atoms with Crippen molar-refractivity contribution in [3.63, 3.8) is 0 Å². The molecule has 0 saturated heterocycles. The number of nitrogens with two attached hydrogens (primary N) is 1. The minimum absolute atomic E-state index is 0.127. The van der Waals surface area contributed by atoms with Crippen LogP contribution in [-0.4, -0.2) is 34.3 Å². The Balaban J connectivity index is 1.82. The number of para-hydroxylation sites is 1. The van der Waals surface area contributed by atoms with Crippen LogP contribution in [0.5, 0.6) is 0 Å². The predicted molar refractivity (Wildman–Crippen MR) is 136 cm³/mol. The van der Waals surface area contributed by atoms with Gasteiger partial charge in [0.1, 0.15) is 17.2 Å². The van der Waals surface area contributed by atoms with Crippen LogP contribution in [0, 0.1) is 13.8 Å². The van der Waals surface area contributed by atoms with Gasteiger partial charge in [-0.1, -0.05) is 30.3 Å². The molecule has 4 aromatic rings. The highest BCUT2D eigenvalue weighted by molar-refractivity contribution is 5.95. The first kappa shape index (κ1) is 23.0. The Hall–Kier alpha value is -4.17. The molecule has 8 nitrogen and oxygen atoms in total. The minimum Gasteiger partial charge on any atom is -0.351 e. The van der Waals surface area contributed by atoms with Crippen LogP contribution in [-0.2, 0) is 4.79 Å². The molecule has 0 radical (unpaired) electrons. The number of rotatable bonds is 7. The molecular formula is C26H28N6O2. The molecule has 0 fully saturated rings. The van der Waals surface area contributed by atoms with Gasteiger partial charge >= 0.3 is 0 Å². The maximum Gasteiger partial charge on any atom is 0.251 e. The lowest BCUT2D eigenvalue weighted by atomic mass is 10.1. The number of benzene rings is 2. The number of nitrogens with zero attached hydrogens (tertiary/aromatic N) is 2. The highest BCUT2D eigenvalue weighted by Crippen LogP contribution is 2.34. The molecule has 5 N–H and O–H groups in total. The molecule has 34 heavy (non-hydrogen) atoms. The Morgan fingerprint density at radius 1 is 1.03 bits per heavy atom. The third kappa shape index (κ3) is 4.77. The van der Waals surface area contributed by atoms with Gasteiger partial charge in [-0.25, -0.2) is 4.98 Å². The van der Waals surface area contributed by atoms with Gasteiger partial charge in [-0.05, 0) is 49.2 Å². The summed E-state index contributed by atoms with van der Waals surface area (Å²) >= 11 is 0. The van der Waals surface area contributed by atoms with Gasteiger partial charge in [-0.3, -0.25) is 14.0 Å². The third-order valence-electron chi connectivity index (χ3n) is 5.52.